The van der Waals surface area contributed by atoms with Crippen molar-refractivity contribution in [1.82, 2.24) is 10.6 Å². The summed E-state index contributed by atoms with van der Waals surface area (Å²) in [4.78, 5) is 39.0. The van der Waals surface area contributed by atoms with E-state index < -0.39 is 228 Å². The van der Waals surface area contributed by atoms with Gasteiger partial charge in [-0.15, -0.1) is 0 Å². The summed E-state index contributed by atoms with van der Waals surface area (Å²) in [6.45, 7) is 0.998. The second-order valence-electron chi connectivity index (χ2n) is 23.3. The number of aliphatic carboxylic acids is 1. The van der Waals surface area contributed by atoms with E-state index in [9.17, 15) is 96.1 Å². The number of aliphatic hydroxyl groups excluding tert-OH is 15. The van der Waals surface area contributed by atoms with Crippen LogP contribution in [0.4, 0.5) is 0 Å². The van der Waals surface area contributed by atoms with E-state index in [0.29, 0.717) is 6.42 Å². The zero-order valence-electron chi connectivity index (χ0n) is 50.2. The van der Waals surface area contributed by atoms with Gasteiger partial charge in [-0.1, -0.05) is 90.2 Å². The molecule has 88 heavy (non-hydrogen) atoms. The summed E-state index contributed by atoms with van der Waals surface area (Å²) in [6, 6.07) is -4.57. The molecule has 0 aliphatic carbocycles. The van der Waals surface area contributed by atoms with Gasteiger partial charge in [0.25, 0.3) is 5.79 Å². The number of carboxylic acid groups (broad SMARTS) is 1. The highest BCUT2D eigenvalue weighted by molar-refractivity contribution is 5.76. The maximum atomic E-state index is 13.7. The quantitative estimate of drug-likeness (QED) is 0.0207. The highest BCUT2D eigenvalue weighted by Crippen LogP contribution is 2.41. The van der Waals surface area contributed by atoms with Gasteiger partial charge in [-0.05, 0) is 19.3 Å². The van der Waals surface area contributed by atoms with Crippen molar-refractivity contribution in [2.75, 3.05) is 33.0 Å². The smallest absolute Gasteiger partial charge is 0.364 e. The molecule has 0 saturated carbocycles. The summed E-state index contributed by atoms with van der Waals surface area (Å²) in [6.07, 6.45) is -31.6. The highest BCUT2D eigenvalue weighted by Gasteiger charge is 2.62. The molecule has 5 fully saturated rings. The third-order valence-corrected chi connectivity index (χ3v) is 16.5. The van der Waals surface area contributed by atoms with Crippen LogP contribution in [0.5, 0.6) is 0 Å². The minimum absolute atomic E-state index is 0.181. The van der Waals surface area contributed by atoms with E-state index in [1.165, 1.54) is 57.9 Å². The van der Waals surface area contributed by atoms with E-state index in [-0.39, 0.29) is 6.42 Å². The van der Waals surface area contributed by atoms with Gasteiger partial charge < -0.3 is 145 Å². The van der Waals surface area contributed by atoms with E-state index in [1.54, 1.807) is 6.08 Å². The van der Waals surface area contributed by atoms with Gasteiger partial charge in [-0.25, -0.2) is 4.79 Å². The van der Waals surface area contributed by atoms with Crippen molar-refractivity contribution in [2.24, 2.45) is 5.73 Å². The third-order valence-electron chi connectivity index (χ3n) is 16.5. The van der Waals surface area contributed by atoms with Gasteiger partial charge in [-0.3, -0.25) is 9.59 Å². The number of hydrogen-bond donors (Lipinski definition) is 19. The van der Waals surface area contributed by atoms with Crippen LogP contribution in [-0.4, -0.2) is 304 Å². The molecule has 0 radical (unpaired) electrons. The van der Waals surface area contributed by atoms with Crippen LogP contribution in [0.3, 0.4) is 0 Å². The van der Waals surface area contributed by atoms with Gasteiger partial charge in [0, 0.05) is 20.3 Å². The Kier molecular flexibility index (Phi) is 31.5. The largest absolute Gasteiger partial charge is 0.477 e. The predicted octanol–water partition coefficient (Wildman–Crippen LogP) is -6.04. The predicted molar refractivity (Wildman–Crippen MR) is 298 cm³/mol. The normalized spacial score (nSPS) is 39.6. The SMILES string of the molecule is CCCCCCCCCCCCC/C=C/[C@@H](O)[C@@H](N)CO[C@@H]1O[C@H](CO)[C@@H](O[C@@H]2O[C@H](CO)[C@H](O[C@@H]3O[C@H](CO)[C@H](O)[C@H](O[C@@H]4O[C@H](CO)[C@H](O)[C@H](O)[C@H]4O)[C@H]3NC(C)=O)[C@H](O[C@]3(C(=O)O)C[C@H](O)[C@@H](NC(C)=O)[C@H]([C@H](O)[C@H](O)CC)O3)[C@H]2O)[C@H](O)[C@H]1O. The topological polar surface area (TPSA) is 517 Å². The molecule has 20 N–H and O–H groups in total. The Morgan fingerprint density at radius 3 is 1.64 bits per heavy atom. The zero-order chi connectivity index (χ0) is 65.2. The van der Waals surface area contributed by atoms with Crippen molar-refractivity contribution in [3.8, 4) is 0 Å². The lowest BCUT2D eigenvalue weighted by Crippen LogP contribution is -2.72. The molecule has 5 aliphatic rings. The minimum atomic E-state index is -3.27. The first-order chi connectivity index (χ1) is 41.8. The maximum Gasteiger partial charge on any atom is 0.364 e. The summed E-state index contributed by atoms with van der Waals surface area (Å²) < 4.78 is 59.3. The third kappa shape index (κ3) is 19.8. The van der Waals surface area contributed by atoms with E-state index in [0.717, 1.165) is 39.5 Å². The fourth-order valence-corrected chi connectivity index (χ4v) is 11.4. The molecule has 32 heteroatoms. The minimum Gasteiger partial charge on any atom is -0.477 e. The van der Waals surface area contributed by atoms with Crippen LogP contribution in [0.1, 0.15) is 118 Å². The first kappa shape index (κ1) is 75.8. The summed E-state index contributed by atoms with van der Waals surface area (Å²) in [5.74, 6) is -7.06. The van der Waals surface area contributed by atoms with E-state index in [1.807, 2.05) is 0 Å². The van der Waals surface area contributed by atoms with Crippen LogP contribution < -0.4 is 16.4 Å². The molecule has 0 aromatic heterocycles. The number of hydrogen-bond acceptors (Lipinski definition) is 29. The molecular weight excluding hydrogens is 1180 g/mol. The van der Waals surface area contributed by atoms with Crippen LogP contribution in [0.25, 0.3) is 0 Å². The second kappa shape index (κ2) is 36.5. The molecule has 512 valence electrons. The van der Waals surface area contributed by atoms with Crippen LogP contribution in [-0.2, 0) is 61.8 Å². The van der Waals surface area contributed by atoms with Crippen LogP contribution >= 0.6 is 0 Å². The molecular formula is C56H99N3O29. The molecule has 5 heterocycles. The number of amides is 2. The number of carboxylic acids is 1. The number of unbranched alkanes of at least 4 members (excludes halogenated alkanes) is 11. The molecule has 0 aromatic rings. The average molecular weight is 1280 g/mol. The Morgan fingerprint density at radius 2 is 1.07 bits per heavy atom. The average Bonchev–Trinajstić information content (AvgIpc) is 1.10. The number of nitrogens with two attached hydrogens (primary N) is 1. The number of nitrogens with one attached hydrogen (secondary N) is 2. The van der Waals surface area contributed by atoms with Gasteiger partial charge in [0.2, 0.25) is 11.8 Å². The molecule has 0 bridgehead atoms. The van der Waals surface area contributed by atoms with E-state index in [2.05, 4.69) is 17.6 Å². The number of carbonyl (C=O) groups is 3. The van der Waals surface area contributed by atoms with Crippen LogP contribution in [0, 0.1) is 0 Å². The number of aliphatic hydroxyl groups is 15. The van der Waals surface area contributed by atoms with Crippen LogP contribution in [0.15, 0.2) is 12.2 Å². The van der Waals surface area contributed by atoms with Gasteiger partial charge in [0.15, 0.2) is 25.2 Å². The summed E-state index contributed by atoms with van der Waals surface area (Å²) in [7, 11) is 0. The van der Waals surface area contributed by atoms with Crippen molar-refractivity contribution >= 4 is 17.8 Å². The highest BCUT2D eigenvalue weighted by atomic mass is 16.8. The Balaban J connectivity index is 1.42. The van der Waals surface area contributed by atoms with E-state index >= 15 is 0 Å². The standard InChI is InChI=1S/C56H99N3O29/c1-5-7-8-9-10-11-12-13-14-15-16-17-18-19-30(67)28(57)25-79-52-44(75)42(73)46(34(23-62)82-52)84-54-45(76)50(88-56(55(77)78)20-31(68)36(58-26(3)64)49(87-56)38(69)29(66)6-2)47(35(24-63)83-54)85-51-37(59-27(4)65)48(40(71)33(22-61)80-51)86-53-43(74)41(72)39(70)32(21-60)81-53/h18-19,28-54,60-63,66-76H,5-17,20-25,57H2,1-4H3,(H,58,64)(H,59,65)(H,77,78)/b19-18+/t28-,29+,30+,31-,32+,33+,34+,35+,36+,37+,38+,39-,40-,41-,42+,43+,44+,45+,46+,47-,48+,49+,50+,51-,52+,53-,54-,56-/m0/s1. The summed E-state index contributed by atoms with van der Waals surface area (Å²) in [5, 5.41) is 181. The first-order valence-corrected chi connectivity index (χ1v) is 30.5. The fraction of sp³-hybridized carbons (Fsp3) is 0.911. The van der Waals surface area contributed by atoms with Gasteiger partial charge in [0.05, 0.1) is 63.4 Å². The number of carbonyl (C=O) groups excluding carboxylic acids is 2. The molecule has 5 saturated heterocycles. The molecule has 5 rings (SSSR count). The lowest BCUT2D eigenvalue weighted by Gasteiger charge is -2.52. The summed E-state index contributed by atoms with van der Waals surface area (Å²) >= 11 is 0. The monoisotopic (exact) mass is 1280 g/mol. The molecule has 2 amide bonds. The Bertz CT molecular complexity index is 2090. The fourth-order valence-electron chi connectivity index (χ4n) is 11.4. The zero-order valence-corrected chi connectivity index (χ0v) is 50.2. The van der Waals surface area contributed by atoms with Crippen molar-refractivity contribution in [1.29, 1.82) is 0 Å². The summed E-state index contributed by atoms with van der Waals surface area (Å²) in [5.41, 5.74) is 6.21. The lowest BCUT2D eigenvalue weighted by atomic mass is 9.87. The molecule has 28 atom stereocenters. The second-order valence-corrected chi connectivity index (χ2v) is 23.3. The first-order valence-electron chi connectivity index (χ1n) is 30.5. The number of ether oxygens (including phenoxy) is 10. The maximum absolute atomic E-state index is 13.7. The molecule has 0 spiro atoms. The lowest BCUT2D eigenvalue weighted by molar-refractivity contribution is -0.403. The van der Waals surface area contributed by atoms with Crippen molar-refractivity contribution in [3.63, 3.8) is 0 Å². The van der Waals surface area contributed by atoms with Crippen LogP contribution in [0.2, 0.25) is 0 Å². The Hall–Kier alpha value is -2.89. The van der Waals surface area contributed by atoms with Gasteiger partial charge in [0.1, 0.15) is 110 Å². The van der Waals surface area contributed by atoms with E-state index in [4.69, 9.17) is 53.1 Å². The van der Waals surface area contributed by atoms with Gasteiger partial charge in [-0.2, -0.15) is 0 Å². The molecule has 0 aromatic carbocycles. The van der Waals surface area contributed by atoms with Crippen molar-refractivity contribution < 1.29 is 143 Å². The molecule has 0 unspecified atom stereocenters. The van der Waals surface area contributed by atoms with Crippen molar-refractivity contribution in [3.05, 3.63) is 12.2 Å². The Morgan fingerprint density at radius 1 is 0.580 bits per heavy atom. The Labute approximate surface area is 510 Å². The molecule has 5 aliphatic heterocycles. The molecule has 32 nitrogen and oxygen atoms in total. The van der Waals surface area contributed by atoms with Crippen molar-refractivity contribution in [2.45, 2.75) is 289 Å². The number of rotatable bonds is 35. The number of allylic oxidation sites excluding steroid dienone is 1. The van der Waals surface area contributed by atoms with Gasteiger partial charge >= 0.3 is 5.97 Å².